The first kappa shape index (κ1) is 14.8. The molecular weight excluding hydrogens is 236 g/mol. The van der Waals surface area contributed by atoms with Gasteiger partial charge in [0.15, 0.2) is 0 Å². The molecule has 1 aliphatic heterocycles. The van der Waals surface area contributed by atoms with E-state index in [0.717, 1.165) is 18.8 Å². The van der Waals surface area contributed by atoms with Crippen molar-refractivity contribution in [1.29, 1.82) is 0 Å². The van der Waals surface area contributed by atoms with Gasteiger partial charge in [0.25, 0.3) is 0 Å². The molecule has 1 N–H and O–H groups in total. The molecule has 5 atom stereocenters. The molecular formula is C16H30N2O. The smallest absolute Gasteiger partial charge is 0.241 e. The second kappa shape index (κ2) is 5.82. The molecule has 5 unspecified atom stereocenters. The number of nitrogens with zero attached hydrogens (tertiary/aromatic N) is 1. The molecule has 0 radical (unpaired) electrons. The SMILES string of the molecule is CCC1NC(CC(C)C)N(C2CCC(C)C2C)C1=O. The molecule has 0 aromatic rings. The number of carbonyl (C=O) groups is 1. The zero-order valence-corrected chi connectivity index (χ0v) is 13.1. The first-order chi connectivity index (χ1) is 8.95. The van der Waals surface area contributed by atoms with Crippen molar-refractivity contribution in [3.8, 4) is 0 Å². The van der Waals surface area contributed by atoms with Gasteiger partial charge in [0.2, 0.25) is 5.91 Å². The minimum Gasteiger partial charge on any atom is -0.323 e. The number of hydrogen-bond donors (Lipinski definition) is 1. The van der Waals surface area contributed by atoms with E-state index in [0.29, 0.717) is 23.8 Å². The first-order valence-corrected chi connectivity index (χ1v) is 8.03. The Morgan fingerprint density at radius 1 is 1.32 bits per heavy atom. The number of hydrogen-bond acceptors (Lipinski definition) is 2. The van der Waals surface area contributed by atoms with Gasteiger partial charge in [0, 0.05) is 6.04 Å². The molecule has 19 heavy (non-hydrogen) atoms. The Balaban J connectivity index is 2.16. The number of amides is 1. The highest BCUT2D eigenvalue weighted by molar-refractivity contribution is 5.84. The molecule has 2 aliphatic rings. The van der Waals surface area contributed by atoms with Gasteiger partial charge in [-0.05, 0) is 43.4 Å². The summed E-state index contributed by atoms with van der Waals surface area (Å²) in [6.07, 6.45) is 4.68. The molecule has 2 rings (SSSR count). The average Bonchev–Trinajstić information content (AvgIpc) is 2.81. The topological polar surface area (TPSA) is 32.3 Å². The van der Waals surface area contributed by atoms with Crippen molar-refractivity contribution < 1.29 is 4.79 Å². The zero-order chi connectivity index (χ0) is 14.2. The summed E-state index contributed by atoms with van der Waals surface area (Å²) in [4.78, 5) is 14.8. The third-order valence-electron chi connectivity index (χ3n) is 5.16. The van der Waals surface area contributed by atoms with Crippen LogP contribution in [0.1, 0.15) is 60.3 Å². The third-order valence-corrected chi connectivity index (χ3v) is 5.16. The number of carbonyl (C=O) groups excluding carboxylic acids is 1. The summed E-state index contributed by atoms with van der Waals surface area (Å²) in [5, 5.41) is 3.56. The highest BCUT2D eigenvalue weighted by atomic mass is 16.2. The Kier molecular flexibility index (Phi) is 4.54. The van der Waals surface area contributed by atoms with Gasteiger partial charge in [-0.15, -0.1) is 0 Å². The van der Waals surface area contributed by atoms with Crippen molar-refractivity contribution in [2.45, 2.75) is 78.6 Å². The molecule has 0 aromatic carbocycles. The molecule has 0 aromatic heterocycles. The van der Waals surface area contributed by atoms with Crippen molar-refractivity contribution in [1.82, 2.24) is 10.2 Å². The summed E-state index contributed by atoms with van der Waals surface area (Å²) in [6.45, 7) is 11.2. The highest BCUT2D eigenvalue weighted by Crippen LogP contribution is 2.37. The largest absolute Gasteiger partial charge is 0.323 e. The molecule has 1 heterocycles. The van der Waals surface area contributed by atoms with Gasteiger partial charge >= 0.3 is 0 Å². The third kappa shape index (κ3) is 2.81. The lowest BCUT2D eigenvalue weighted by Gasteiger charge is -2.34. The van der Waals surface area contributed by atoms with Crippen LogP contribution in [0.5, 0.6) is 0 Å². The number of rotatable bonds is 4. The zero-order valence-electron chi connectivity index (χ0n) is 13.1. The lowest BCUT2D eigenvalue weighted by atomic mass is 9.96. The lowest BCUT2D eigenvalue weighted by molar-refractivity contribution is -0.133. The molecule has 1 saturated carbocycles. The van der Waals surface area contributed by atoms with E-state index in [1.54, 1.807) is 0 Å². The summed E-state index contributed by atoms with van der Waals surface area (Å²) in [5.74, 6) is 2.35. The molecule has 110 valence electrons. The van der Waals surface area contributed by atoms with Gasteiger partial charge in [-0.1, -0.05) is 34.6 Å². The summed E-state index contributed by atoms with van der Waals surface area (Å²) >= 11 is 0. The summed E-state index contributed by atoms with van der Waals surface area (Å²) in [7, 11) is 0. The summed E-state index contributed by atoms with van der Waals surface area (Å²) in [5.41, 5.74) is 0. The van der Waals surface area contributed by atoms with Crippen molar-refractivity contribution in [2.24, 2.45) is 17.8 Å². The van der Waals surface area contributed by atoms with E-state index in [4.69, 9.17) is 0 Å². The Morgan fingerprint density at radius 3 is 2.47 bits per heavy atom. The predicted molar refractivity (Wildman–Crippen MR) is 78.7 cm³/mol. The van der Waals surface area contributed by atoms with Gasteiger partial charge in [-0.2, -0.15) is 0 Å². The fourth-order valence-electron chi connectivity index (χ4n) is 3.76. The van der Waals surface area contributed by atoms with Crippen LogP contribution in [0, 0.1) is 17.8 Å². The fraction of sp³-hybridized carbons (Fsp3) is 0.938. The van der Waals surface area contributed by atoms with E-state index in [9.17, 15) is 4.79 Å². The minimum absolute atomic E-state index is 0.0480. The molecule has 0 spiro atoms. The predicted octanol–water partition coefficient (Wildman–Crippen LogP) is 3.00. The first-order valence-electron chi connectivity index (χ1n) is 8.03. The van der Waals surface area contributed by atoms with Gasteiger partial charge < -0.3 is 4.90 Å². The summed E-state index contributed by atoms with van der Waals surface area (Å²) in [6, 6.07) is 0.502. The molecule has 1 amide bonds. The van der Waals surface area contributed by atoms with E-state index in [-0.39, 0.29) is 12.2 Å². The van der Waals surface area contributed by atoms with Crippen LogP contribution in [-0.2, 0) is 4.79 Å². The van der Waals surface area contributed by atoms with Crippen LogP contribution in [0.15, 0.2) is 0 Å². The molecule has 3 heteroatoms. The van der Waals surface area contributed by atoms with Crippen LogP contribution >= 0.6 is 0 Å². The molecule has 2 fully saturated rings. The Bertz CT molecular complexity index is 329. The summed E-state index contributed by atoms with van der Waals surface area (Å²) < 4.78 is 0. The van der Waals surface area contributed by atoms with E-state index in [1.165, 1.54) is 12.8 Å². The maximum Gasteiger partial charge on any atom is 0.241 e. The highest BCUT2D eigenvalue weighted by Gasteiger charge is 2.45. The fourth-order valence-corrected chi connectivity index (χ4v) is 3.76. The Morgan fingerprint density at radius 2 is 2.00 bits per heavy atom. The van der Waals surface area contributed by atoms with Gasteiger partial charge in [-0.25, -0.2) is 0 Å². The normalized spacial score (nSPS) is 39.6. The number of nitrogens with one attached hydrogen (secondary N) is 1. The standard InChI is InChI=1S/C16H30N2O/c1-6-13-16(19)18(15(17-13)9-10(2)3)14-8-7-11(4)12(14)5/h10-15,17H,6-9H2,1-5H3. The van der Waals surface area contributed by atoms with E-state index in [2.05, 4.69) is 44.8 Å². The van der Waals surface area contributed by atoms with E-state index in [1.807, 2.05) is 0 Å². The quantitative estimate of drug-likeness (QED) is 0.848. The van der Waals surface area contributed by atoms with Gasteiger partial charge in [0.05, 0.1) is 12.2 Å². The van der Waals surface area contributed by atoms with Crippen LogP contribution in [-0.4, -0.2) is 29.1 Å². The molecule has 3 nitrogen and oxygen atoms in total. The second-order valence-corrected chi connectivity index (χ2v) is 7.00. The molecule has 1 aliphatic carbocycles. The van der Waals surface area contributed by atoms with Crippen molar-refractivity contribution in [2.75, 3.05) is 0 Å². The van der Waals surface area contributed by atoms with Crippen molar-refractivity contribution in [3.63, 3.8) is 0 Å². The monoisotopic (exact) mass is 266 g/mol. The van der Waals surface area contributed by atoms with Crippen molar-refractivity contribution in [3.05, 3.63) is 0 Å². The second-order valence-electron chi connectivity index (χ2n) is 7.00. The van der Waals surface area contributed by atoms with Crippen LogP contribution in [0.3, 0.4) is 0 Å². The van der Waals surface area contributed by atoms with Crippen LogP contribution in [0.4, 0.5) is 0 Å². The maximum atomic E-state index is 12.6. The van der Waals surface area contributed by atoms with Crippen LogP contribution < -0.4 is 5.32 Å². The van der Waals surface area contributed by atoms with Gasteiger partial charge in [0.1, 0.15) is 0 Å². The minimum atomic E-state index is 0.0480. The van der Waals surface area contributed by atoms with E-state index >= 15 is 0 Å². The maximum absolute atomic E-state index is 12.6. The van der Waals surface area contributed by atoms with Crippen LogP contribution in [0.2, 0.25) is 0 Å². The van der Waals surface area contributed by atoms with E-state index < -0.39 is 0 Å². The average molecular weight is 266 g/mol. The molecule has 0 bridgehead atoms. The molecule has 1 saturated heterocycles. The van der Waals surface area contributed by atoms with Gasteiger partial charge in [-0.3, -0.25) is 10.1 Å². The lowest BCUT2D eigenvalue weighted by Crippen LogP contribution is -2.46. The Labute approximate surface area is 118 Å². The van der Waals surface area contributed by atoms with Crippen molar-refractivity contribution >= 4 is 5.91 Å². The Hall–Kier alpha value is -0.570. The van der Waals surface area contributed by atoms with Crippen LogP contribution in [0.25, 0.3) is 0 Å².